The van der Waals surface area contributed by atoms with Crippen molar-refractivity contribution in [1.82, 2.24) is 20.4 Å². The summed E-state index contributed by atoms with van der Waals surface area (Å²) < 4.78 is 0. The van der Waals surface area contributed by atoms with Gasteiger partial charge in [-0.2, -0.15) is 0 Å². The summed E-state index contributed by atoms with van der Waals surface area (Å²) in [6.07, 6.45) is 2.60. The maximum absolute atomic E-state index is 11.9. The molecule has 1 aliphatic rings. The van der Waals surface area contributed by atoms with Crippen LogP contribution in [-0.4, -0.2) is 54.2 Å². The lowest BCUT2D eigenvalue weighted by atomic mass is 10.1. The Morgan fingerprint density at radius 3 is 2.79 bits per heavy atom. The molecule has 1 atom stereocenters. The molecule has 1 aromatic rings. The van der Waals surface area contributed by atoms with Gasteiger partial charge >= 0.3 is 0 Å². The van der Waals surface area contributed by atoms with Gasteiger partial charge in [-0.15, -0.1) is 10.2 Å². The van der Waals surface area contributed by atoms with E-state index in [0.29, 0.717) is 22.6 Å². The minimum Gasteiger partial charge on any atom is -0.363 e. The van der Waals surface area contributed by atoms with Crippen LogP contribution in [0.3, 0.4) is 0 Å². The fraction of sp³-hybridized carbons (Fsp3) is 0.750. The molecule has 1 saturated heterocycles. The van der Waals surface area contributed by atoms with Crippen LogP contribution in [0.15, 0.2) is 0 Å². The minimum atomic E-state index is -0.132. The highest BCUT2D eigenvalue weighted by atomic mass is 32.1. The van der Waals surface area contributed by atoms with Crippen LogP contribution in [0.4, 0.5) is 5.13 Å². The summed E-state index contributed by atoms with van der Waals surface area (Å²) in [5, 5.41) is 14.6. The number of hydrogen-bond acceptors (Lipinski definition) is 6. The quantitative estimate of drug-likeness (QED) is 0.816. The van der Waals surface area contributed by atoms with Crippen LogP contribution in [0, 0.1) is 5.92 Å². The van der Waals surface area contributed by atoms with Crippen LogP contribution in [0.25, 0.3) is 0 Å². The van der Waals surface area contributed by atoms with E-state index in [1.807, 2.05) is 0 Å². The molecular formula is C12H21N5OS. The Hall–Kier alpha value is -1.21. The smallest absolute Gasteiger partial charge is 0.282 e. The van der Waals surface area contributed by atoms with Crippen molar-refractivity contribution in [3.05, 3.63) is 5.01 Å². The Labute approximate surface area is 117 Å². The number of carbonyl (C=O) groups is 1. The summed E-state index contributed by atoms with van der Waals surface area (Å²) in [6.45, 7) is 6.29. The van der Waals surface area contributed by atoms with E-state index in [0.717, 1.165) is 6.54 Å². The molecule has 6 nitrogen and oxygen atoms in total. The number of carbonyl (C=O) groups excluding carboxylic acids is 1. The summed E-state index contributed by atoms with van der Waals surface area (Å²) in [5.41, 5.74) is 0. The zero-order chi connectivity index (χ0) is 13.7. The molecule has 0 bridgehead atoms. The van der Waals surface area contributed by atoms with Gasteiger partial charge in [0.15, 0.2) is 0 Å². The van der Waals surface area contributed by atoms with Crippen molar-refractivity contribution in [3.63, 3.8) is 0 Å². The lowest BCUT2D eigenvalue weighted by Gasteiger charge is -2.20. The number of hydrogen-bond donors (Lipinski definition) is 2. The van der Waals surface area contributed by atoms with Crippen LogP contribution >= 0.6 is 11.3 Å². The van der Waals surface area contributed by atoms with Gasteiger partial charge in [-0.1, -0.05) is 18.3 Å². The van der Waals surface area contributed by atoms with Crippen LogP contribution in [-0.2, 0) is 0 Å². The molecule has 19 heavy (non-hydrogen) atoms. The molecule has 1 aromatic heterocycles. The van der Waals surface area contributed by atoms with Crippen molar-refractivity contribution in [1.29, 1.82) is 0 Å². The molecule has 0 aromatic carbocycles. The third-order valence-corrected chi connectivity index (χ3v) is 4.15. The molecule has 1 unspecified atom stereocenters. The number of nitrogens with zero attached hydrogens (tertiary/aromatic N) is 3. The average Bonchev–Trinajstić information content (AvgIpc) is 3.06. The second kappa shape index (κ2) is 6.81. The third kappa shape index (κ3) is 4.14. The second-order valence-electron chi connectivity index (χ2n) is 4.99. The molecule has 0 radical (unpaired) electrons. The first kappa shape index (κ1) is 14.2. The molecule has 0 saturated carbocycles. The number of nitrogens with one attached hydrogen (secondary N) is 2. The predicted octanol–water partition coefficient (Wildman–Crippen LogP) is 1.04. The van der Waals surface area contributed by atoms with E-state index < -0.39 is 0 Å². The van der Waals surface area contributed by atoms with E-state index in [4.69, 9.17) is 0 Å². The summed E-state index contributed by atoms with van der Waals surface area (Å²) in [7, 11) is 1.76. The van der Waals surface area contributed by atoms with Gasteiger partial charge in [-0.25, -0.2) is 0 Å². The first-order chi connectivity index (χ1) is 9.19. The Balaban J connectivity index is 1.73. The molecule has 106 valence electrons. The number of aromatic nitrogens is 2. The van der Waals surface area contributed by atoms with Gasteiger partial charge in [0.2, 0.25) is 10.1 Å². The standard InChI is InChI=1S/C12H21N5OS/c1-9(8-17-5-3-4-6-17)7-14-10(18)11-15-16-12(13-2)19-11/h9H,3-8H2,1-2H3,(H,13,16)(H,14,18). The van der Waals surface area contributed by atoms with E-state index in [1.54, 1.807) is 7.05 Å². The van der Waals surface area contributed by atoms with Crippen molar-refractivity contribution in [3.8, 4) is 0 Å². The summed E-state index contributed by atoms with van der Waals surface area (Å²) >= 11 is 1.27. The number of rotatable bonds is 6. The van der Waals surface area contributed by atoms with Crippen molar-refractivity contribution in [2.24, 2.45) is 5.92 Å². The van der Waals surface area contributed by atoms with E-state index >= 15 is 0 Å². The molecule has 0 spiro atoms. The lowest BCUT2D eigenvalue weighted by Crippen LogP contribution is -2.34. The topological polar surface area (TPSA) is 70.1 Å². The maximum Gasteiger partial charge on any atom is 0.282 e. The molecule has 2 N–H and O–H groups in total. The Bertz CT molecular complexity index is 416. The fourth-order valence-corrected chi connectivity index (χ4v) is 2.84. The Morgan fingerprint density at radius 2 is 2.16 bits per heavy atom. The van der Waals surface area contributed by atoms with Gasteiger partial charge in [0.05, 0.1) is 0 Å². The summed E-state index contributed by atoms with van der Waals surface area (Å²) in [5.74, 6) is 0.325. The number of anilines is 1. The van der Waals surface area contributed by atoms with Crippen LogP contribution in [0.5, 0.6) is 0 Å². The first-order valence-corrected chi connectivity index (χ1v) is 7.52. The maximum atomic E-state index is 11.9. The van der Waals surface area contributed by atoms with Crippen LogP contribution in [0.2, 0.25) is 0 Å². The monoisotopic (exact) mass is 283 g/mol. The van der Waals surface area contributed by atoms with Crippen molar-refractivity contribution >= 4 is 22.4 Å². The number of amides is 1. The van der Waals surface area contributed by atoms with E-state index in [1.165, 1.54) is 37.3 Å². The van der Waals surface area contributed by atoms with Gasteiger partial charge < -0.3 is 15.5 Å². The minimum absolute atomic E-state index is 0.132. The number of likely N-dealkylation sites (tertiary alicyclic amines) is 1. The summed E-state index contributed by atoms with van der Waals surface area (Å²) in [4.78, 5) is 14.3. The first-order valence-electron chi connectivity index (χ1n) is 6.71. The highest BCUT2D eigenvalue weighted by Crippen LogP contribution is 2.14. The molecule has 2 rings (SSSR count). The van der Waals surface area contributed by atoms with Gasteiger partial charge in [-0.05, 0) is 31.8 Å². The largest absolute Gasteiger partial charge is 0.363 e. The van der Waals surface area contributed by atoms with Crippen molar-refractivity contribution in [2.45, 2.75) is 19.8 Å². The zero-order valence-electron chi connectivity index (χ0n) is 11.5. The van der Waals surface area contributed by atoms with Crippen LogP contribution < -0.4 is 10.6 Å². The van der Waals surface area contributed by atoms with Crippen LogP contribution in [0.1, 0.15) is 29.6 Å². The predicted molar refractivity (Wildman–Crippen MR) is 76.6 cm³/mol. The molecule has 2 heterocycles. The fourth-order valence-electron chi connectivity index (χ4n) is 2.23. The molecular weight excluding hydrogens is 262 g/mol. The Kier molecular flexibility index (Phi) is 5.09. The second-order valence-corrected chi connectivity index (χ2v) is 5.96. The molecule has 1 amide bonds. The van der Waals surface area contributed by atoms with Gasteiger partial charge in [0.25, 0.3) is 5.91 Å². The van der Waals surface area contributed by atoms with Crippen molar-refractivity contribution in [2.75, 3.05) is 38.5 Å². The molecule has 1 fully saturated rings. The highest BCUT2D eigenvalue weighted by Gasteiger charge is 2.16. The van der Waals surface area contributed by atoms with Gasteiger partial charge in [-0.3, -0.25) is 4.79 Å². The van der Waals surface area contributed by atoms with Gasteiger partial charge in [0.1, 0.15) is 0 Å². The van der Waals surface area contributed by atoms with Crippen molar-refractivity contribution < 1.29 is 4.79 Å². The third-order valence-electron chi connectivity index (χ3n) is 3.21. The highest BCUT2D eigenvalue weighted by molar-refractivity contribution is 7.17. The molecule has 0 aliphatic carbocycles. The normalized spacial score (nSPS) is 17.4. The van der Waals surface area contributed by atoms with E-state index in [9.17, 15) is 4.79 Å². The van der Waals surface area contributed by atoms with E-state index in [-0.39, 0.29) is 5.91 Å². The van der Waals surface area contributed by atoms with Gasteiger partial charge in [0, 0.05) is 20.1 Å². The average molecular weight is 283 g/mol. The molecule has 1 aliphatic heterocycles. The zero-order valence-corrected chi connectivity index (χ0v) is 12.3. The SMILES string of the molecule is CNc1nnc(C(=O)NCC(C)CN2CCCC2)s1. The molecule has 7 heteroatoms. The Morgan fingerprint density at radius 1 is 1.42 bits per heavy atom. The lowest BCUT2D eigenvalue weighted by molar-refractivity contribution is 0.0944. The van der Waals surface area contributed by atoms with E-state index in [2.05, 4.69) is 32.7 Å². The summed E-state index contributed by atoms with van der Waals surface area (Å²) in [6, 6.07) is 0.